The largest absolute Gasteiger partial charge is 0.322 e. The number of rotatable bonds is 2. The van der Waals surface area contributed by atoms with Crippen molar-refractivity contribution in [1.82, 2.24) is 4.90 Å². The molecule has 3 nitrogen and oxygen atoms in total. The van der Waals surface area contributed by atoms with Crippen LogP contribution in [-0.4, -0.2) is 17.5 Å². The summed E-state index contributed by atoms with van der Waals surface area (Å²) in [6.07, 6.45) is 4.54. The van der Waals surface area contributed by atoms with Crippen molar-refractivity contribution in [3.8, 4) is 0 Å². The van der Waals surface area contributed by atoms with Crippen LogP contribution in [0.2, 0.25) is 0 Å². The molecule has 0 bridgehead atoms. The van der Waals surface area contributed by atoms with E-state index in [0.29, 0.717) is 0 Å². The maximum absolute atomic E-state index is 12.7. The van der Waals surface area contributed by atoms with Gasteiger partial charge in [0.05, 0.1) is 6.04 Å². The first-order chi connectivity index (χ1) is 10.7. The van der Waals surface area contributed by atoms with Gasteiger partial charge < -0.3 is 10.2 Å². The standard InChI is InChI=1S/C18H22N2OS/c1-14-11-12-17(22-14)16-10-6-3-7-13-20(16)18(21)19-15-8-4-2-5-9-15/h2,4-5,8-9,11-12,16H,3,6-7,10,13H2,1H3,(H,19,21)/t16-/m1/s1. The quantitative estimate of drug-likeness (QED) is 0.811. The number of carbonyl (C=O) groups excluding carboxylic acids is 1. The van der Waals surface area contributed by atoms with Crippen LogP contribution in [0, 0.1) is 6.92 Å². The van der Waals surface area contributed by atoms with E-state index in [-0.39, 0.29) is 12.1 Å². The molecule has 2 heterocycles. The van der Waals surface area contributed by atoms with Crippen LogP contribution in [0.3, 0.4) is 0 Å². The zero-order valence-corrected chi connectivity index (χ0v) is 13.7. The number of para-hydroxylation sites is 1. The number of hydrogen-bond acceptors (Lipinski definition) is 2. The van der Waals surface area contributed by atoms with Gasteiger partial charge in [-0.25, -0.2) is 4.79 Å². The van der Waals surface area contributed by atoms with Crippen molar-refractivity contribution < 1.29 is 4.79 Å². The molecule has 22 heavy (non-hydrogen) atoms. The van der Waals surface area contributed by atoms with Gasteiger partial charge in [-0.3, -0.25) is 0 Å². The molecule has 0 aliphatic carbocycles. The zero-order chi connectivity index (χ0) is 15.4. The van der Waals surface area contributed by atoms with E-state index in [4.69, 9.17) is 0 Å². The van der Waals surface area contributed by atoms with Crippen LogP contribution in [0.4, 0.5) is 10.5 Å². The number of nitrogens with one attached hydrogen (secondary N) is 1. The van der Waals surface area contributed by atoms with Gasteiger partial charge in [0.25, 0.3) is 0 Å². The predicted molar refractivity (Wildman–Crippen MR) is 92.4 cm³/mol. The minimum Gasteiger partial charge on any atom is -0.317 e. The summed E-state index contributed by atoms with van der Waals surface area (Å²) in [4.78, 5) is 17.4. The fourth-order valence-electron chi connectivity index (χ4n) is 3.00. The molecule has 2 aromatic rings. The van der Waals surface area contributed by atoms with E-state index in [1.165, 1.54) is 22.6 Å². The van der Waals surface area contributed by atoms with Gasteiger partial charge in [0, 0.05) is 22.0 Å². The Morgan fingerprint density at radius 2 is 1.95 bits per heavy atom. The molecular weight excluding hydrogens is 292 g/mol. The molecule has 0 radical (unpaired) electrons. The lowest BCUT2D eigenvalue weighted by Crippen LogP contribution is -2.37. The average molecular weight is 314 g/mol. The monoisotopic (exact) mass is 314 g/mol. The number of aryl methyl sites for hydroxylation is 1. The third kappa shape index (κ3) is 3.50. The van der Waals surface area contributed by atoms with E-state index >= 15 is 0 Å². The Hall–Kier alpha value is -1.81. The Balaban J connectivity index is 1.79. The highest BCUT2D eigenvalue weighted by molar-refractivity contribution is 7.12. The number of nitrogens with zero attached hydrogens (tertiary/aromatic N) is 1. The van der Waals surface area contributed by atoms with Gasteiger partial charge in [0.15, 0.2) is 0 Å². The lowest BCUT2D eigenvalue weighted by atomic mass is 10.1. The Kier molecular flexibility index (Phi) is 4.78. The molecular formula is C18H22N2OS. The van der Waals surface area contributed by atoms with Crippen molar-refractivity contribution >= 4 is 23.1 Å². The molecule has 1 aromatic heterocycles. The second-order valence-electron chi connectivity index (χ2n) is 5.80. The fourth-order valence-corrected chi connectivity index (χ4v) is 4.02. The first-order valence-corrected chi connectivity index (χ1v) is 8.75. The average Bonchev–Trinajstić information content (AvgIpc) is 2.81. The lowest BCUT2D eigenvalue weighted by molar-refractivity contribution is 0.190. The predicted octanol–water partition coefficient (Wildman–Crippen LogP) is 5.21. The Labute approximate surface area is 136 Å². The second-order valence-corrected chi connectivity index (χ2v) is 7.12. The molecule has 2 amide bonds. The van der Waals surface area contributed by atoms with Crippen LogP contribution in [0.1, 0.15) is 41.5 Å². The molecule has 1 fully saturated rings. The van der Waals surface area contributed by atoms with Crippen molar-refractivity contribution in [1.29, 1.82) is 0 Å². The summed E-state index contributed by atoms with van der Waals surface area (Å²) in [6.45, 7) is 2.96. The first-order valence-electron chi connectivity index (χ1n) is 7.93. The van der Waals surface area contributed by atoms with Gasteiger partial charge in [0.2, 0.25) is 0 Å². The summed E-state index contributed by atoms with van der Waals surface area (Å²) in [5.74, 6) is 0. The molecule has 3 rings (SSSR count). The van der Waals surface area contributed by atoms with Crippen LogP contribution >= 0.6 is 11.3 Å². The fraction of sp³-hybridized carbons (Fsp3) is 0.389. The van der Waals surface area contributed by atoms with E-state index in [1.807, 2.05) is 46.6 Å². The van der Waals surface area contributed by atoms with Gasteiger partial charge in [-0.15, -0.1) is 11.3 Å². The third-order valence-corrected chi connectivity index (χ3v) is 5.23. The highest BCUT2D eigenvalue weighted by Gasteiger charge is 2.27. The number of benzene rings is 1. The number of hydrogen-bond donors (Lipinski definition) is 1. The molecule has 1 N–H and O–H groups in total. The van der Waals surface area contributed by atoms with Crippen LogP contribution < -0.4 is 5.32 Å². The summed E-state index contributed by atoms with van der Waals surface area (Å²) in [7, 11) is 0. The van der Waals surface area contributed by atoms with Crippen molar-refractivity contribution in [2.45, 2.75) is 38.6 Å². The Morgan fingerprint density at radius 3 is 2.68 bits per heavy atom. The number of carbonyl (C=O) groups is 1. The molecule has 0 unspecified atom stereocenters. The van der Waals surface area contributed by atoms with Crippen molar-refractivity contribution in [2.24, 2.45) is 0 Å². The highest BCUT2D eigenvalue weighted by atomic mass is 32.1. The molecule has 0 spiro atoms. The SMILES string of the molecule is Cc1ccc([C@H]2CCCCCN2C(=O)Nc2ccccc2)s1. The number of thiophene rings is 1. The molecule has 1 aromatic carbocycles. The van der Waals surface area contributed by atoms with Gasteiger partial charge in [-0.1, -0.05) is 31.0 Å². The molecule has 1 atom stereocenters. The van der Waals surface area contributed by atoms with Crippen LogP contribution in [-0.2, 0) is 0 Å². The maximum atomic E-state index is 12.7. The number of amides is 2. The highest BCUT2D eigenvalue weighted by Crippen LogP contribution is 2.34. The van der Waals surface area contributed by atoms with E-state index in [9.17, 15) is 4.79 Å². The summed E-state index contributed by atoms with van der Waals surface area (Å²) in [5, 5.41) is 3.04. The smallest absolute Gasteiger partial charge is 0.317 e. The Morgan fingerprint density at radius 1 is 1.14 bits per heavy atom. The van der Waals surface area contributed by atoms with Crippen LogP contribution in [0.15, 0.2) is 42.5 Å². The minimum atomic E-state index is 0.0177. The zero-order valence-electron chi connectivity index (χ0n) is 12.9. The summed E-state index contributed by atoms with van der Waals surface area (Å²) in [5.41, 5.74) is 0.859. The van der Waals surface area contributed by atoms with E-state index in [2.05, 4.69) is 24.4 Å². The van der Waals surface area contributed by atoms with Gasteiger partial charge in [0.1, 0.15) is 0 Å². The molecule has 1 aliphatic rings. The van der Waals surface area contributed by atoms with E-state index in [1.54, 1.807) is 0 Å². The van der Waals surface area contributed by atoms with E-state index in [0.717, 1.165) is 25.1 Å². The molecule has 4 heteroatoms. The summed E-state index contributed by atoms with van der Waals surface area (Å²) >= 11 is 1.81. The lowest BCUT2D eigenvalue weighted by Gasteiger charge is -2.29. The maximum Gasteiger partial charge on any atom is 0.322 e. The van der Waals surface area contributed by atoms with E-state index < -0.39 is 0 Å². The normalized spacial score (nSPS) is 18.8. The van der Waals surface area contributed by atoms with Crippen molar-refractivity contribution in [2.75, 3.05) is 11.9 Å². The molecule has 1 aliphatic heterocycles. The van der Waals surface area contributed by atoms with Crippen molar-refractivity contribution in [3.05, 3.63) is 52.2 Å². The Bertz CT molecular complexity index is 623. The molecule has 0 saturated carbocycles. The molecule has 1 saturated heterocycles. The van der Waals surface area contributed by atoms with Crippen LogP contribution in [0.25, 0.3) is 0 Å². The number of urea groups is 1. The van der Waals surface area contributed by atoms with Gasteiger partial charge in [-0.2, -0.15) is 0 Å². The topological polar surface area (TPSA) is 32.3 Å². The molecule has 116 valence electrons. The first kappa shape index (κ1) is 15.1. The van der Waals surface area contributed by atoms with Crippen LogP contribution in [0.5, 0.6) is 0 Å². The number of anilines is 1. The van der Waals surface area contributed by atoms with Gasteiger partial charge in [-0.05, 0) is 44.0 Å². The number of likely N-dealkylation sites (tertiary alicyclic amines) is 1. The summed E-state index contributed by atoms with van der Waals surface area (Å²) < 4.78 is 0. The summed E-state index contributed by atoms with van der Waals surface area (Å²) in [6, 6.07) is 14.3. The minimum absolute atomic E-state index is 0.0177. The second kappa shape index (κ2) is 6.97. The third-order valence-electron chi connectivity index (χ3n) is 4.13. The van der Waals surface area contributed by atoms with Crippen molar-refractivity contribution in [3.63, 3.8) is 0 Å². The van der Waals surface area contributed by atoms with Gasteiger partial charge >= 0.3 is 6.03 Å².